The highest BCUT2D eigenvalue weighted by atomic mass is 16.2. The van der Waals surface area contributed by atoms with Gasteiger partial charge in [-0.25, -0.2) is 4.98 Å². The van der Waals surface area contributed by atoms with Crippen LogP contribution in [0.5, 0.6) is 0 Å². The first-order valence-corrected chi connectivity index (χ1v) is 8.43. The van der Waals surface area contributed by atoms with Gasteiger partial charge in [-0.1, -0.05) is 0 Å². The standard InChI is InChI=1S/C17H22N4O2/c1-10-8-19-14(9-18-10)15(22)20-21-16(23)17-5-11-2-12(6-17)4-13(3-11)7-17/h8-9,11-13H,2-7H2,1H3,(H,20,22)(H,21,23). The van der Waals surface area contributed by atoms with Crippen LogP contribution in [0, 0.1) is 30.1 Å². The van der Waals surface area contributed by atoms with Crippen molar-refractivity contribution in [1.29, 1.82) is 0 Å². The molecule has 0 spiro atoms. The Balaban J connectivity index is 1.40. The summed E-state index contributed by atoms with van der Waals surface area (Å²) in [7, 11) is 0. The van der Waals surface area contributed by atoms with Gasteiger partial charge in [-0.05, 0) is 63.2 Å². The van der Waals surface area contributed by atoms with Gasteiger partial charge < -0.3 is 0 Å². The fourth-order valence-corrected chi connectivity index (χ4v) is 5.21. The van der Waals surface area contributed by atoms with E-state index in [1.165, 1.54) is 31.7 Å². The number of hydrogen-bond acceptors (Lipinski definition) is 4. The second kappa shape index (κ2) is 5.28. The van der Waals surface area contributed by atoms with Crippen LogP contribution in [0.1, 0.15) is 54.7 Å². The zero-order valence-electron chi connectivity index (χ0n) is 13.3. The first kappa shape index (κ1) is 14.6. The summed E-state index contributed by atoms with van der Waals surface area (Å²) >= 11 is 0. The molecule has 2 amide bonds. The Hall–Kier alpha value is -1.98. The van der Waals surface area contributed by atoms with Crippen LogP contribution in [0.3, 0.4) is 0 Å². The number of carbonyl (C=O) groups excluding carboxylic acids is 2. The zero-order valence-corrected chi connectivity index (χ0v) is 13.3. The van der Waals surface area contributed by atoms with Crippen LogP contribution in [0.4, 0.5) is 0 Å². The van der Waals surface area contributed by atoms with Crippen molar-refractivity contribution in [3.63, 3.8) is 0 Å². The SMILES string of the molecule is Cc1cnc(C(=O)NNC(=O)C23CC4CC(CC(C4)C2)C3)cn1. The van der Waals surface area contributed by atoms with Crippen molar-refractivity contribution in [2.45, 2.75) is 45.4 Å². The number of amides is 2. The third-order valence-electron chi connectivity index (χ3n) is 5.82. The molecule has 4 aliphatic rings. The maximum Gasteiger partial charge on any atom is 0.289 e. The van der Waals surface area contributed by atoms with Crippen LogP contribution < -0.4 is 10.9 Å². The second-order valence-corrected chi connectivity index (χ2v) is 7.65. The smallest absolute Gasteiger partial charge is 0.273 e. The Morgan fingerprint density at radius 3 is 2.13 bits per heavy atom. The molecule has 4 aliphatic carbocycles. The molecule has 122 valence electrons. The quantitative estimate of drug-likeness (QED) is 0.815. The number of nitrogens with zero attached hydrogens (tertiary/aromatic N) is 2. The average molecular weight is 314 g/mol. The number of nitrogens with one attached hydrogen (secondary N) is 2. The molecule has 4 fully saturated rings. The minimum absolute atomic E-state index is 0.0231. The molecule has 0 aliphatic heterocycles. The topological polar surface area (TPSA) is 84.0 Å². The zero-order chi connectivity index (χ0) is 16.0. The molecule has 23 heavy (non-hydrogen) atoms. The summed E-state index contributed by atoms with van der Waals surface area (Å²) in [6.45, 7) is 1.81. The van der Waals surface area contributed by atoms with Crippen LogP contribution in [0.15, 0.2) is 12.4 Å². The van der Waals surface area contributed by atoms with Crippen LogP contribution in [0.2, 0.25) is 0 Å². The van der Waals surface area contributed by atoms with Gasteiger partial charge in [-0.15, -0.1) is 0 Å². The molecular formula is C17H22N4O2. The van der Waals surface area contributed by atoms with E-state index in [0.717, 1.165) is 25.0 Å². The second-order valence-electron chi connectivity index (χ2n) is 7.65. The first-order chi connectivity index (χ1) is 11.0. The van der Waals surface area contributed by atoms with Gasteiger partial charge in [0.05, 0.1) is 17.3 Å². The molecule has 0 unspecified atom stereocenters. The minimum atomic E-state index is -0.421. The van der Waals surface area contributed by atoms with Crippen LogP contribution in [-0.2, 0) is 4.79 Å². The van der Waals surface area contributed by atoms with Crippen molar-refractivity contribution in [3.8, 4) is 0 Å². The lowest BCUT2D eigenvalue weighted by Gasteiger charge is -2.55. The Morgan fingerprint density at radius 1 is 1.00 bits per heavy atom. The van der Waals surface area contributed by atoms with E-state index in [1.54, 1.807) is 0 Å². The highest BCUT2D eigenvalue weighted by Crippen LogP contribution is 2.59. The molecule has 4 saturated carbocycles. The molecule has 5 rings (SSSR count). The molecule has 4 bridgehead atoms. The van der Waals surface area contributed by atoms with E-state index in [1.807, 2.05) is 6.92 Å². The summed E-state index contributed by atoms with van der Waals surface area (Å²) in [4.78, 5) is 32.9. The van der Waals surface area contributed by atoms with Crippen molar-refractivity contribution >= 4 is 11.8 Å². The minimum Gasteiger partial charge on any atom is -0.273 e. The van der Waals surface area contributed by atoms with Gasteiger partial charge >= 0.3 is 0 Å². The van der Waals surface area contributed by atoms with Crippen molar-refractivity contribution in [3.05, 3.63) is 23.8 Å². The van der Waals surface area contributed by atoms with E-state index < -0.39 is 5.91 Å². The molecule has 1 aromatic rings. The fourth-order valence-electron chi connectivity index (χ4n) is 5.21. The van der Waals surface area contributed by atoms with Crippen LogP contribution in [-0.4, -0.2) is 21.8 Å². The average Bonchev–Trinajstić information content (AvgIpc) is 2.51. The van der Waals surface area contributed by atoms with E-state index in [4.69, 9.17) is 0 Å². The molecule has 0 saturated heterocycles. The van der Waals surface area contributed by atoms with Gasteiger partial charge in [-0.2, -0.15) is 0 Å². The van der Waals surface area contributed by atoms with Crippen LogP contribution >= 0.6 is 0 Å². The number of aromatic nitrogens is 2. The van der Waals surface area contributed by atoms with E-state index in [-0.39, 0.29) is 17.0 Å². The van der Waals surface area contributed by atoms with Crippen molar-refractivity contribution in [2.75, 3.05) is 0 Å². The Kier molecular flexibility index (Phi) is 3.36. The molecule has 1 heterocycles. The lowest BCUT2D eigenvalue weighted by atomic mass is 9.49. The lowest BCUT2D eigenvalue weighted by molar-refractivity contribution is -0.147. The van der Waals surface area contributed by atoms with Gasteiger partial charge in [0.25, 0.3) is 5.91 Å². The summed E-state index contributed by atoms with van der Waals surface area (Å²) in [5, 5.41) is 0. The Labute approximate surface area is 135 Å². The highest BCUT2D eigenvalue weighted by molar-refractivity contribution is 5.94. The van der Waals surface area contributed by atoms with E-state index >= 15 is 0 Å². The number of hydrogen-bond donors (Lipinski definition) is 2. The molecular weight excluding hydrogens is 292 g/mol. The molecule has 1 aromatic heterocycles. The Morgan fingerprint density at radius 2 is 1.61 bits per heavy atom. The highest BCUT2D eigenvalue weighted by Gasteiger charge is 2.54. The van der Waals surface area contributed by atoms with Gasteiger partial charge in [0.1, 0.15) is 5.69 Å². The normalized spacial score (nSPS) is 34.2. The summed E-state index contributed by atoms with van der Waals surface area (Å²) < 4.78 is 0. The predicted octanol–water partition coefficient (Wildman–Crippen LogP) is 1.76. The monoisotopic (exact) mass is 314 g/mol. The number of carbonyl (C=O) groups is 2. The maximum atomic E-state index is 12.7. The van der Waals surface area contributed by atoms with Gasteiger partial charge in [0.2, 0.25) is 5.91 Å². The van der Waals surface area contributed by atoms with Gasteiger partial charge in [-0.3, -0.25) is 25.4 Å². The summed E-state index contributed by atoms with van der Waals surface area (Å²) in [5.41, 5.74) is 5.84. The summed E-state index contributed by atoms with van der Waals surface area (Å²) in [6, 6.07) is 0. The number of hydrazine groups is 1. The van der Waals surface area contributed by atoms with Crippen molar-refractivity contribution in [1.82, 2.24) is 20.8 Å². The molecule has 0 atom stereocenters. The maximum absolute atomic E-state index is 12.7. The predicted molar refractivity (Wildman–Crippen MR) is 83.0 cm³/mol. The van der Waals surface area contributed by atoms with Crippen molar-refractivity contribution in [2.24, 2.45) is 23.2 Å². The molecule has 6 nitrogen and oxygen atoms in total. The number of aryl methyl sites for hydroxylation is 1. The largest absolute Gasteiger partial charge is 0.289 e. The van der Waals surface area contributed by atoms with Gasteiger partial charge in [0, 0.05) is 6.20 Å². The van der Waals surface area contributed by atoms with E-state index in [2.05, 4.69) is 20.8 Å². The van der Waals surface area contributed by atoms with Gasteiger partial charge in [0.15, 0.2) is 0 Å². The summed E-state index contributed by atoms with van der Waals surface area (Å²) in [6.07, 6.45) is 9.76. The fraction of sp³-hybridized carbons (Fsp3) is 0.647. The lowest BCUT2D eigenvalue weighted by Crippen LogP contribution is -2.56. The Bertz CT molecular complexity index is 605. The summed E-state index contributed by atoms with van der Waals surface area (Å²) in [5.74, 6) is 1.66. The molecule has 0 aromatic carbocycles. The van der Waals surface area contributed by atoms with E-state index in [9.17, 15) is 9.59 Å². The van der Waals surface area contributed by atoms with Crippen molar-refractivity contribution < 1.29 is 9.59 Å². The third-order valence-corrected chi connectivity index (χ3v) is 5.82. The third kappa shape index (κ3) is 2.60. The molecule has 6 heteroatoms. The molecule has 2 N–H and O–H groups in total. The number of rotatable bonds is 2. The van der Waals surface area contributed by atoms with E-state index in [0.29, 0.717) is 17.8 Å². The first-order valence-electron chi connectivity index (χ1n) is 8.43. The van der Waals surface area contributed by atoms with Crippen LogP contribution in [0.25, 0.3) is 0 Å². The molecule has 0 radical (unpaired) electrons.